The van der Waals surface area contributed by atoms with Crippen LogP contribution in [0.4, 0.5) is 0 Å². The standard InChI is InChI=1S/C18H19ClO2/c1-18(2,3)17(20)12-21-16-10-9-14(11-15(16)19)13-7-5-4-6-8-13/h4-11H,12H2,1-3H3. The second kappa shape index (κ2) is 6.31. The maximum atomic E-state index is 11.9. The van der Waals surface area contributed by atoms with Crippen molar-refractivity contribution < 1.29 is 9.53 Å². The van der Waals surface area contributed by atoms with Crippen LogP contribution in [0.2, 0.25) is 5.02 Å². The van der Waals surface area contributed by atoms with Crippen LogP contribution in [0.1, 0.15) is 20.8 Å². The molecule has 2 nitrogen and oxygen atoms in total. The normalized spacial score (nSPS) is 11.2. The third-order valence-electron chi connectivity index (χ3n) is 3.23. The molecule has 3 heteroatoms. The summed E-state index contributed by atoms with van der Waals surface area (Å²) in [4.78, 5) is 11.9. The Bertz CT molecular complexity index is 627. The Morgan fingerprint density at radius 1 is 1.05 bits per heavy atom. The van der Waals surface area contributed by atoms with Gasteiger partial charge in [0.05, 0.1) is 5.02 Å². The molecule has 0 atom stereocenters. The van der Waals surface area contributed by atoms with Gasteiger partial charge >= 0.3 is 0 Å². The van der Waals surface area contributed by atoms with Crippen LogP contribution in [-0.4, -0.2) is 12.4 Å². The predicted octanol–water partition coefficient (Wildman–Crippen LogP) is 5.00. The first-order valence-corrected chi connectivity index (χ1v) is 7.27. The Morgan fingerprint density at radius 2 is 1.71 bits per heavy atom. The van der Waals surface area contributed by atoms with E-state index in [0.29, 0.717) is 10.8 Å². The fourth-order valence-electron chi connectivity index (χ4n) is 1.79. The summed E-state index contributed by atoms with van der Waals surface area (Å²) in [5.41, 5.74) is 1.71. The van der Waals surface area contributed by atoms with Gasteiger partial charge in [-0.25, -0.2) is 0 Å². The number of hydrogen-bond acceptors (Lipinski definition) is 2. The Kier molecular flexibility index (Phi) is 4.69. The first-order valence-electron chi connectivity index (χ1n) is 6.89. The van der Waals surface area contributed by atoms with E-state index in [1.807, 2.05) is 63.2 Å². The molecule has 0 aliphatic rings. The zero-order valence-corrected chi connectivity index (χ0v) is 13.3. The third kappa shape index (κ3) is 4.08. The van der Waals surface area contributed by atoms with Crippen molar-refractivity contribution in [1.29, 1.82) is 0 Å². The highest BCUT2D eigenvalue weighted by Gasteiger charge is 2.21. The molecule has 2 rings (SSSR count). The molecular weight excluding hydrogens is 284 g/mol. The van der Waals surface area contributed by atoms with Crippen LogP contribution in [-0.2, 0) is 4.79 Å². The Morgan fingerprint density at radius 3 is 2.29 bits per heavy atom. The van der Waals surface area contributed by atoms with E-state index in [-0.39, 0.29) is 12.4 Å². The Labute approximate surface area is 130 Å². The lowest BCUT2D eigenvalue weighted by molar-refractivity contribution is -0.128. The number of benzene rings is 2. The van der Waals surface area contributed by atoms with E-state index in [9.17, 15) is 4.79 Å². The number of rotatable bonds is 4. The largest absolute Gasteiger partial charge is 0.484 e. The van der Waals surface area contributed by atoms with Gasteiger partial charge in [-0.3, -0.25) is 4.79 Å². The topological polar surface area (TPSA) is 26.3 Å². The number of Topliss-reactive ketones (excluding diaryl/α,β-unsaturated/α-hetero) is 1. The first kappa shape index (κ1) is 15.6. The van der Waals surface area contributed by atoms with E-state index in [2.05, 4.69) is 0 Å². The monoisotopic (exact) mass is 302 g/mol. The quantitative estimate of drug-likeness (QED) is 0.794. The van der Waals surface area contributed by atoms with Gasteiger partial charge in [0, 0.05) is 5.41 Å². The molecule has 21 heavy (non-hydrogen) atoms. The number of hydrogen-bond donors (Lipinski definition) is 0. The summed E-state index contributed by atoms with van der Waals surface area (Å²) >= 11 is 6.24. The molecule has 0 heterocycles. The van der Waals surface area contributed by atoms with Crippen LogP contribution < -0.4 is 4.74 Å². The smallest absolute Gasteiger partial charge is 0.175 e. The van der Waals surface area contributed by atoms with Gasteiger partial charge in [-0.2, -0.15) is 0 Å². The van der Waals surface area contributed by atoms with Crippen molar-refractivity contribution in [3.8, 4) is 16.9 Å². The molecule has 0 amide bonds. The van der Waals surface area contributed by atoms with Crippen molar-refractivity contribution in [2.24, 2.45) is 5.41 Å². The van der Waals surface area contributed by atoms with Gasteiger partial charge in [0.15, 0.2) is 5.78 Å². The molecule has 2 aromatic carbocycles. The summed E-state index contributed by atoms with van der Waals surface area (Å²) in [6.07, 6.45) is 0. The molecule has 0 saturated carbocycles. The number of ketones is 1. The second-order valence-electron chi connectivity index (χ2n) is 5.97. The van der Waals surface area contributed by atoms with Crippen molar-refractivity contribution >= 4 is 17.4 Å². The number of ether oxygens (including phenoxy) is 1. The molecule has 0 aromatic heterocycles. The zero-order valence-electron chi connectivity index (χ0n) is 12.5. The van der Waals surface area contributed by atoms with Gasteiger partial charge in [-0.1, -0.05) is 68.8 Å². The van der Waals surface area contributed by atoms with Crippen molar-refractivity contribution in [2.45, 2.75) is 20.8 Å². The van der Waals surface area contributed by atoms with Gasteiger partial charge in [0.2, 0.25) is 0 Å². The fourth-order valence-corrected chi connectivity index (χ4v) is 2.02. The highest BCUT2D eigenvalue weighted by molar-refractivity contribution is 6.32. The van der Waals surface area contributed by atoms with Crippen molar-refractivity contribution in [2.75, 3.05) is 6.61 Å². The third-order valence-corrected chi connectivity index (χ3v) is 3.53. The second-order valence-corrected chi connectivity index (χ2v) is 6.38. The maximum Gasteiger partial charge on any atom is 0.175 e. The van der Waals surface area contributed by atoms with Crippen LogP contribution in [0.5, 0.6) is 5.75 Å². The van der Waals surface area contributed by atoms with E-state index in [4.69, 9.17) is 16.3 Å². The summed E-state index contributed by atoms with van der Waals surface area (Å²) in [7, 11) is 0. The molecule has 0 spiro atoms. The molecule has 0 aliphatic carbocycles. The first-order chi connectivity index (χ1) is 9.88. The molecule has 0 N–H and O–H groups in total. The molecule has 2 aromatic rings. The SMILES string of the molecule is CC(C)(C)C(=O)COc1ccc(-c2ccccc2)cc1Cl. The average molecular weight is 303 g/mol. The van der Waals surface area contributed by atoms with Gasteiger partial charge in [-0.15, -0.1) is 0 Å². The van der Waals surface area contributed by atoms with E-state index in [1.54, 1.807) is 6.07 Å². The van der Waals surface area contributed by atoms with E-state index in [0.717, 1.165) is 11.1 Å². The Balaban J connectivity index is 2.12. The lowest BCUT2D eigenvalue weighted by Gasteiger charge is -2.17. The molecule has 0 bridgehead atoms. The van der Waals surface area contributed by atoms with Crippen LogP contribution >= 0.6 is 11.6 Å². The number of carbonyl (C=O) groups excluding carboxylic acids is 1. The zero-order chi connectivity index (χ0) is 15.5. The molecule has 0 saturated heterocycles. The molecule has 110 valence electrons. The van der Waals surface area contributed by atoms with Crippen LogP contribution in [0.15, 0.2) is 48.5 Å². The summed E-state index contributed by atoms with van der Waals surface area (Å²) in [5.74, 6) is 0.583. The molecule has 0 unspecified atom stereocenters. The molecule has 0 radical (unpaired) electrons. The highest BCUT2D eigenvalue weighted by atomic mass is 35.5. The minimum atomic E-state index is -0.406. The highest BCUT2D eigenvalue weighted by Crippen LogP contribution is 2.30. The van der Waals surface area contributed by atoms with Gasteiger partial charge in [0.25, 0.3) is 0 Å². The lowest BCUT2D eigenvalue weighted by Crippen LogP contribution is -2.26. The number of halogens is 1. The van der Waals surface area contributed by atoms with Crippen molar-refractivity contribution in [3.05, 3.63) is 53.6 Å². The van der Waals surface area contributed by atoms with Gasteiger partial charge in [-0.05, 0) is 23.3 Å². The maximum absolute atomic E-state index is 11.9. The number of carbonyl (C=O) groups is 1. The summed E-state index contributed by atoms with van der Waals surface area (Å²) in [6, 6.07) is 15.6. The summed E-state index contributed by atoms with van der Waals surface area (Å²) in [6.45, 7) is 5.66. The van der Waals surface area contributed by atoms with E-state index >= 15 is 0 Å². The molecule has 0 aliphatic heterocycles. The van der Waals surface area contributed by atoms with Crippen LogP contribution in [0, 0.1) is 5.41 Å². The molecule has 0 fully saturated rings. The van der Waals surface area contributed by atoms with Gasteiger partial charge in [0.1, 0.15) is 12.4 Å². The van der Waals surface area contributed by atoms with Crippen LogP contribution in [0.25, 0.3) is 11.1 Å². The predicted molar refractivity (Wildman–Crippen MR) is 86.8 cm³/mol. The van der Waals surface area contributed by atoms with E-state index in [1.165, 1.54) is 0 Å². The fraction of sp³-hybridized carbons (Fsp3) is 0.278. The van der Waals surface area contributed by atoms with Gasteiger partial charge < -0.3 is 4.74 Å². The summed E-state index contributed by atoms with van der Waals surface area (Å²) < 4.78 is 5.53. The summed E-state index contributed by atoms with van der Waals surface area (Å²) in [5, 5.41) is 0.512. The van der Waals surface area contributed by atoms with Crippen LogP contribution in [0.3, 0.4) is 0 Å². The van der Waals surface area contributed by atoms with E-state index < -0.39 is 5.41 Å². The molecular formula is C18H19ClO2. The minimum Gasteiger partial charge on any atom is -0.484 e. The van der Waals surface area contributed by atoms with Crippen molar-refractivity contribution in [3.63, 3.8) is 0 Å². The lowest BCUT2D eigenvalue weighted by atomic mass is 9.91. The minimum absolute atomic E-state index is 0.0356. The Hall–Kier alpha value is -1.80. The van der Waals surface area contributed by atoms with Crippen molar-refractivity contribution in [1.82, 2.24) is 0 Å². The average Bonchev–Trinajstić information content (AvgIpc) is 2.45.